The third-order valence-electron chi connectivity index (χ3n) is 2.82. The topological polar surface area (TPSA) is 46.5 Å². The zero-order valence-corrected chi connectivity index (χ0v) is 10.5. The number of carboxylic acid groups (broad SMARTS) is 1. The maximum absolute atomic E-state index is 13.7. The summed E-state index contributed by atoms with van der Waals surface area (Å²) >= 11 is 1.07. The van der Waals surface area contributed by atoms with E-state index in [1.54, 1.807) is 0 Å². The van der Waals surface area contributed by atoms with Gasteiger partial charge in [0.1, 0.15) is 11.6 Å². The zero-order chi connectivity index (χ0) is 13.3. The van der Waals surface area contributed by atoms with Gasteiger partial charge in [-0.05, 0) is 25.5 Å². The van der Waals surface area contributed by atoms with Crippen molar-refractivity contribution in [1.29, 1.82) is 0 Å². The number of thioether (sulfide) groups is 1. The van der Waals surface area contributed by atoms with Crippen molar-refractivity contribution in [2.45, 2.75) is 29.6 Å². The Kier molecular flexibility index (Phi) is 3.87. The number of aromatic carboxylic acids is 1. The van der Waals surface area contributed by atoms with E-state index >= 15 is 0 Å². The van der Waals surface area contributed by atoms with Crippen LogP contribution in [-0.4, -0.2) is 29.0 Å². The maximum Gasteiger partial charge on any atom is 0.335 e. The van der Waals surface area contributed by atoms with Crippen molar-refractivity contribution >= 4 is 17.7 Å². The van der Waals surface area contributed by atoms with Crippen LogP contribution in [0.2, 0.25) is 0 Å². The molecular weight excluding hydrogens is 262 g/mol. The Morgan fingerprint density at radius 2 is 2.06 bits per heavy atom. The highest BCUT2D eigenvalue weighted by Crippen LogP contribution is 2.35. The van der Waals surface area contributed by atoms with E-state index < -0.39 is 17.6 Å². The number of carbonyl (C=O) groups is 1. The van der Waals surface area contributed by atoms with E-state index in [9.17, 15) is 13.6 Å². The Balaban J connectivity index is 2.25. The number of hydrogen-bond donors (Lipinski definition) is 1. The lowest BCUT2D eigenvalue weighted by atomic mass is 10.2. The molecule has 98 valence electrons. The van der Waals surface area contributed by atoms with Crippen LogP contribution < -0.4 is 0 Å². The molecule has 0 aromatic heterocycles. The highest BCUT2D eigenvalue weighted by atomic mass is 32.2. The van der Waals surface area contributed by atoms with Crippen LogP contribution >= 0.6 is 11.8 Å². The van der Waals surface area contributed by atoms with Gasteiger partial charge in [0.05, 0.1) is 16.6 Å². The van der Waals surface area contributed by atoms with E-state index in [2.05, 4.69) is 0 Å². The minimum Gasteiger partial charge on any atom is -0.478 e. The lowest BCUT2D eigenvalue weighted by Crippen LogP contribution is -2.14. The molecule has 1 heterocycles. The van der Waals surface area contributed by atoms with Gasteiger partial charge in [-0.15, -0.1) is 11.8 Å². The highest BCUT2D eigenvalue weighted by molar-refractivity contribution is 8.00. The van der Waals surface area contributed by atoms with Gasteiger partial charge >= 0.3 is 5.97 Å². The molecule has 6 heteroatoms. The van der Waals surface area contributed by atoms with Gasteiger partial charge in [-0.2, -0.15) is 0 Å². The molecule has 1 aliphatic rings. The van der Waals surface area contributed by atoms with E-state index in [-0.39, 0.29) is 21.8 Å². The summed E-state index contributed by atoms with van der Waals surface area (Å²) in [6, 6.07) is 1.68. The summed E-state index contributed by atoms with van der Waals surface area (Å²) in [5.74, 6) is -3.02. The molecule has 0 aliphatic carbocycles. The van der Waals surface area contributed by atoms with Gasteiger partial charge in [0, 0.05) is 11.9 Å². The number of benzene rings is 1. The summed E-state index contributed by atoms with van der Waals surface area (Å²) in [6.07, 6.45) is 0.665. The first-order valence-electron chi connectivity index (χ1n) is 5.49. The second kappa shape index (κ2) is 5.24. The van der Waals surface area contributed by atoms with Crippen molar-refractivity contribution < 1.29 is 23.4 Å². The SMILES string of the molecule is CC1OCCC1Sc1c(F)cc(C(=O)O)cc1F. The lowest BCUT2D eigenvalue weighted by Gasteiger charge is -2.14. The smallest absolute Gasteiger partial charge is 0.335 e. The van der Waals surface area contributed by atoms with Gasteiger partial charge in [0.2, 0.25) is 0 Å². The standard InChI is InChI=1S/C12H12F2O3S/c1-6-10(2-3-17-6)18-11-8(13)4-7(12(15)16)5-9(11)14/h4-6,10H,2-3H2,1H3,(H,15,16). The van der Waals surface area contributed by atoms with Gasteiger partial charge in [-0.1, -0.05) is 0 Å². The second-order valence-electron chi connectivity index (χ2n) is 4.10. The summed E-state index contributed by atoms with van der Waals surface area (Å²) in [4.78, 5) is 10.5. The summed E-state index contributed by atoms with van der Waals surface area (Å²) in [5, 5.41) is 8.68. The fraction of sp³-hybridized carbons (Fsp3) is 0.417. The molecule has 3 nitrogen and oxygen atoms in total. The third-order valence-corrected chi connectivity index (χ3v) is 4.37. The Labute approximate surface area is 107 Å². The van der Waals surface area contributed by atoms with E-state index in [0.717, 1.165) is 30.3 Å². The number of carboxylic acids is 1. The molecule has 1 aromatic rings. The molecule has 0 spiro atoms. The van der Waals surface area contributed by atoms with Crippen LogP contribution in [-0.2, 0) is 4.74 Å². The van der Waals surface area contributed by atoms with Crippen LogP contribution in [0.4, 0.5) is 8.78 Å². The highest BCUT2D eigenvalue weighted by Gasteiger charge is 2.28. The molecule has 0 saturated carbocycles. The molecular formula is C12H12F2O3S. The van der Waals surface area contributed by atoms with Gasteiger partial charge < -0.3 is 9.84 Å². The minimum atomic E-state index is -1.35. The predicted molar refractivity (Wildman–Crippen MR) is 63.0 cm³/mol. The summed E-state index contributed by atoms with van der Waals surface area (Å²) < 4.78 is 32.7. The molecule has 18 heavy (non-hydrogen) atoms. The van der Waals surface area contributed by atoms with Crippen LogP contribution in [0.3, 0.4) is 0 Å². The first-order chi connectivity index (χ1) is 8.49. The zero-order valence-electron chi connectivity index (χ0n) is 9.65. The van der Waals surface area contributed by atoms with E-state index in [4.69, 9.17) is 9.84 Å². The van der Waals surface area contributed by atoms with Crippen molar-refractivity contribution in [3.05, 3.63) is 29.3 Å². The minimum absolute atomic E-state index is 0.00956. The Morgan fingerprint density at radius 1 is 1.44 bits per heavy atom. The summed E-state index contributed by atoms with van der Waals surface area (Å²) in [7, 11) is 0. The molecule has 0 amide bonds. The largest absolute Gasteiger partial charge is 0.478 e. The number of hydrogen-bond acceptors (Lipinski definition) is 3. The van der Waals surface area contributed by atoms with Crippen LogP contribution in [0, 0.1) is 11.6 Å². The van der Waals surface area contributed by atoms with Crippen molar-refractivity contribution in [2.24, 2.45) is 0 Å². The number of halogens is 2. The van der Waals surface area contributed by atoms with Gasteiger partial charge in [0.25, 0.3) is 0 Å². The van der Waals surface area contributed by atoms with Crippen molar-refractivity contribution in [3.8, 4) is 0 Å². The Bertz CT molecular complexity index is 455. The number of ether oxygens (including phenoxy) is 1. The molecule has 1 N–H and O–H groups in total. The maximum atomic E-state index is 13.7. The lowest BCUT2D eigenvalue weighted by molar-refractivity contribution is 0.0695. The number of rotatable bonds is 3. The van der Waals surface area contributed by atoms with Crippen LogP contribution in [0.1, 0.15) is 23.7 Å². The van der Waals surface area contributed by atoms with E-state index in [0.29, 0.717) is 6.61 Å². The normalized spacial score (nSPS) is 23.3. The third kappa shape index (κ3) is 2.64. The Hall–Kier alpha value is -1.14. The monoisotopic (exact) mass is 274 g/mol. The molecule has 1 fully saturated rings. The average molecular weight is 274 g/mol. The van der Waals surface area contributed by atoms with Gasteiger partial charge in [0.15, 0.2) is 0 Å². The molecule has 2 unspecified atom stereocenters. The molecule has 1 saturated heterocycles. The molecule has 0 bridgehead atoms. The molecule has 2 rings (SSSR count). The van der Waals surface area contributed by atoms with E-state index in [1.807, 2.05) is 6.92 Å². The predicted octanol–water partition coefficient (Wildman–Crippen LogP) is 2.93. The Morgan fingerprint density at radius 3 is 2.50 bits per heavy atom. The van der Waals surface area contributed by atoms with Gasteiger partial charge in [-0.25, -0.2) is 13.6 Å². The fourth-order valence-corrected chi connectivity index (χ4v) is 2.94. The van der Waals surface area contributed by atoms with Crippen molar-refractivity contribution in [1.82, 2.24) is 0 Å². The molecule has 1 aromatic carbocycles. The van der Waals surface area contributed by atoms with Crippen LogP contribution in [0.15, 0.2) is 17.0 Å². The van der Waals surface area contributed by atoms with Crippen LogP contribution in [0.25, 0.3) is 0 Å². The molecule has 1 aliphatic heterocycles. The summed E-state index contributed by atoms with van der Waals surface area (Å²) in [5.41, 5.74) is -0.384. The quantitative estimate of drug-likeness (QED) is 0.920. The second-order valence-corrected chi connectivity index (χ2v) is 5.34. The summed E-state index contributed by atoms with van der Waals surface area (Å²) in [6.45, 7) is 2.43. The first kappa shape index (κ1) is 13.3. The van der Waals surface area contributed by atoms with E-state index in [1.165, 1.54) is 0 Å². The van der Waals surface area contributed by atoms with Crippen molar-refractivity contribution in [3.63, 3.8) is 0 Å². The molecule has 0 radical (unpaired) electrons. The molecule has 2 atom stereocenters. The average Bonchev–Trinajstić information content (AvgIpc) is 2.69. The first-order valence-corrected chi connectivity index (χ1v) is 6.37. The van der Waals surface area contributed by atoms with Crippen molar-refractivity contribution in [2.75, 3.05) is 6.61 Å². The van der Waals surface area contributed by atoms with Gasteiger partial charge in [-0.3, -0.25) is 0 Å². The van der Waals surface area contributed by atoms with Crippen LogP contribution in [0.5, 0.6) is 0 Å². The fourth-order valence-electron chi connectivity index (χ4n) is 1.81.